The summed E-state index contributed by atoms with van der Waals surface area (Å²) in [5.41, 5.74) is 0.205. The van der Waals surface area contributed by atoms with E-state index in [0.29, 0.717) is 43.2 Å². The number of rotatable bonds is 5. The van der Waals surface area contributed by atoms with Gasteiger partial charge in [-0.05, 0) is 55.3 Å². The topological polar surface area (TPSA) is 49.9 Å². The van der Waals surface area contributed by atoms with Crippen molar-refractivity contribution < 1.29 is 27.5 Å². The van der Waals surface area contributed by atoms with Crippen molar-refractivity contribution in [3.8, 4) is 5.75 Å². The summed E-state index contributed by atoms with van der Waals surface area (Å²) < 4.78 is 43.5. The largest absolute Gasteiger partial charge is 0.496 e. The molecule has 1 aliphatic rings. The van der Waals surface area contributed by atoms with Gasteiger partial charge in [-0.1, -0.05) is 11.6 Å². The lowest BCUT2D eigenvalue weighted by atomic mass is 9.94. The molecule has 0 bridgehead atoms. The zero-order chi connectivity index (χ0) is 23.5. The van der Waals surface area contributed by atoms with Crippen molar-refractivity contribution in [3.63, 3.8) is 0 Å². The highest BCUT2D eigenvalue weighted by Crippen LogP contribution is 2.30. The highest BCUT2D eigenvalue weighted by molar-refractivity contribution is 6.30. The molecule has 0 aliphatic carbocycles. The number of amides is 2. The average molecular weight is 469 g/mol. The summed E-state index contributed by atoms with van der Waals surface area (Å²) in [6.07, 6.45) is -3.47. The van der Waals surface area contributed by atoms with Gasteiger partial charge in [0, 0.05) is 48.7 Å². The first kappa shape index (κ1) is 23.9. The molecule has 1 aliphatic heterocycles. The number of carbonyl (C=O) groups is 2. The SMILES string of the molecule is COc1ccc(Cl)cc1CN(C)C(=O)C1CCN(C(=O)c2ccc(C(F)(F)F)cc2)CC1. The number of likely N-dealkylation sites (tertiary alicyclic amines) is 1. The van der Waals surface area contributed by atoms with Crippen molar-refractivity contribution in [2.75, 3.05) is 27.2 Å². The summed E-state index contributed by atoms with van der Waals surface area (Å²) in [5.74, 6) is 0.0446. The van der Waals surface area contributed by atoms with Gasteiger partial charge in [0.05, 0.1) is 12.7 Å². The first-order chi connectivity index (χ1) is 15.1. The molecule has 1 saturated heterocycles. The number of hydrogen-bond acceptors (Lipinski definition) is 3. The van der Waals surface area contributed by atoms with Crippen LogP contribution in [-0.4, -0.2) is 48.9 Å². The van der Waals surface area contributed by atoms with E-state index in [9.17, 15) is 22.8 Å². The van der Waals surface area contributed by atoms with Gasteiger partial charge < -0.3 is 14.5 Å². The fourth-order valence-corrected chi connectivity index (χ4v) is 4.02. The van der Waals surface area contributed by atoms with Crippen LogP contribution in [0.15, 0.2) is 42.5 Å². The standard InChI is InChI=1S/C23H24ClF3N2O3/c1-28(14-17-13-19(24)7-8-20(17)32-2)21(30)16-9-11-29(12-10-16)22(31)15-3-5-18(6-4-15)23(25,26)27/h3-8,13,16H,9-12,14H2,1-2H3. The monoisotopic (exact) mass is 468 g/mol. The molecule has 1 fully saturated rings. The van der Waals surface area contributed by atoms with Crippen LogP contribution < -0.4 is 4.74 Å². The molecule has 0 aromatic heterocycles. The second-order valence-corrected chi connectivity index (χ2v) is 8.23. The first-order valence-electron chi connectivity index (χ1n) is 10.1. The summed E-state index contributed by atoms with van der Waals surface area (Å²) >= 11 is 6.06. The second kappa shape index (κ2) is 9.81. The van der Waals surface area contributed by atoms with E-state index < -0.39 is 11.7 Å². The highest BCUT2D eigenvalue weighted by Gasteiger charge is 2.32. The smallest absolute Gasteiger partial charge is 0.416 e. The van der Waals surface area contributed by atoms with E-state index in [0.717, 1.165) is 17.7 Å². The van der Waals surface area contributed by atoms with Gasteiger partial charge in [0.2, 0.25) is 5.91 Å². The van der Waals surface area contributed by atoms with Gasteiger partial charge in [0.25, 0.3) is 5.91 Å². The van der Waals surface area contributed by atoms with Gasteiger partial charge >= 0.3 is 6.18 Å². The Balaban J connectivity index is 1.57. The fraction of sp³-hybridized carbons (Fsp3) is 0.391. The second-order valence-electron chi connectivity index (χ2n) is 7.79. The molecule has 0 atom stereocenters. The van der Waals surface area contributed by atoms with Crippen LogP contribution in [0, 0.1) is 5.92 Å². The van der Waals surface area contributed by atoms with Gasteiger partial charge in [0.1, 0.15) is 5.75 Å². The highest BCUT2D eigenvalue weighted by atomic mass is 35.5. The molecule has 0 spiro atoms. The van der Waals surface area contributed by atoms with E-state index in [2.05, 4.69) is 0 Å². The fourth-order valence-electron chi connectivity index (χ4n) is 3.83. The third-order valence-corrected chi connectivity index (χ3v) is 5.85. The van der Waals surface area contributed by atoms with Gasteiger partial charge in [-0.2, -0.15) is 13.2 Å². The van der Waals surface area contributed by atoms with Gasteiger partial charge in [-0.15, -0.1) is 0 Å². The zero-order valence-electron chi connectivity index (χ0n) is 17.8. The number of carbonyl (C=O) groups excluding carboxylic acids is 2. The maximum absolute atomic E-state index is 12.9. The summed E-state index contributed by atoms with van der Waals surface area (Å²) in [4.78, 5) is 28.7. The zero-order valence-corrected chi connectivity index (χ0v) is 18.5. The molecule has 32 heavy (non-hydrogen) atoms. The number of nitrogens with zero attached hydrogens (tertiary/aromatic N) is 2. The van der Waals surface area contributed by atoms with Crippen LogP contribution in [-0.2, 0) is 17.5 Å². The van der Waals surface area contributed by atoms with Crippen LogP contribution in [0.1, 0.15) is 34.3 Å². The lowest BCUT2D eigenvalue weighted by molar-refractivity contribution is -0.137. The number of halogens is 4. The van der Waals surface area contributed by atoms with Crippen molar-refractivity contribution >= 4 is 23.4 Å². The van der Waals surface area contributed by atoms with E-state index in [1.54, 1.807) is 42.2 Å². The lowest BCUT2D eigenvalue weighted by Gasteiger charge is -2.33. The summed E-state index contributed by atoms with van der Waals surface area (Å²) in [7, 11) is 3.26. The number of piperidine rings is 1. The van der Waals surface area contributed by atoms with E-state index in [-0.39, 0.29) is 23.3 Å². The molecule has 9 heteroatoms. The van der Waals surface area contributed by atoms with E-state index in [1.807, 2.05) is 0 Å². The van der Waals surface area contributed by atoms with Gasteiger partial charge in [-0.25, -0.2) is 0 Å². The minimum atomic E-state index is -4.44. The molecule has 3 rings (SSSR count). The lowest BCUT2D eigenvalue weighted by Crippen LogP contribution is -2.43. The predicted octanol–water partition coefficient (Wildman–Crippen LogP) is 4.88. The van der Waals surface area contributed by atoms with Gasteiger partial charge in [-0.3, -0.25) is 9.59 Å². The molecule has 0 unspecified atom stereocenters. The minimum absolute atomic E-state index is 0.0337. The molecule has 0 N–H and O–H groups in total. The van der Waals surface area contributed by atoms with Crippen LogP contribution >= 0.6 is 11.6 Å². The van der Waals surface area contributed by atoms with Crippen molar-refractivity contribution in [1.82, 2.24) is 9.80 Å². The Bertz CT molecular complexity index is 971. The van der Waals surface area contributed by atoms with E-state index in [4.69, 9.17) is 16.3 Å². The van der Waals surface area contributed by atoms with Crippen LogP contribution in [0.5, 0.6) is 5.75 Å². The van der Waals surface area contributed by atoms with Crippen LogP contribution in [0.2, 0.25) is 5.02 Å². The summed E-state index contributed by atoms with van der Waals surface area (Å²) in [6, 6.07) is 9.42. The average Bonchev–Trinajstić information content (AvgIpc) is 2.78. The Labute approximate surface area is 189 Å². The predicted molar refractivity (Wildman–Crippen MR) is 115 cm³/mol. The maximum Gasteiger partial charge on any atom is 0.416 e. The molecule has 0 saturated carbocycles. The first-order valence-corrected chi connectivity index (χ1v) is 10.5. The van der Waals surface area contributed by atoms with Crippen molar-refractivity contribution in [1.29, 1.82) is 0 Å². The van der Waals surface area contributed by atoms with Crippen molar-refractivity contribution in [3.05, 3.63) is 64.2 Å². The summed E-state index contributed by atoms with van der Waals surface area (Å²) in [6.45, 7) is 1.07. The molecule has 1 heterocycles. The number of alkyl halides is 3. The molecule has 0 radical (unpaired) electrons. The number of ether oxygens (including phenoxy) is 1. The molecule has 5 nitrogen and oxygen atoms in total. The third kappa shape index (κ3) is 5.54. The molecule has 172 valence electrons. The maximum atomic E-state index is 12.9. The summed E-state index contributed by atoms with van der Waals surface area (Å²) in [5, 5.41) is 0.553. The van der Waals surface area contributed by atoms with Crippen LogP contribution in [0.4, 0.5) is 13.2 Å². The number of hydrogen-bond donors (Lipinski definition) is 0. The molecule has 2 aromatic rings. The Morgan fingerprint density at radius 1 is 1.12 bits per heavy atom. The Hall–Kier alpha value is -2.74. The van der Waals surface area contributed by atoms with E-state index in [1.165, 1.54) is 12.1 Å². The van der Waals surface area contributed by atoms with Crippen molar-refractivity contribution in [2.24, 2.45) is 5.92 Å². The minimum Gasteiger partial charge on any atom is -0.496 e. The van der Waals surface area contributed by atoms with Crippen molar-refractivity contribution in [2.45, 2.75) is 25.6 Å². The van der Waals surface area contributed by atoms with Gasteiger partial charge in [0.15, 0.2) is 0 Å². The number of benzene rings is 2. The molecule has 2 aromatic carbocycles. The molecular formula is C23H24ClF3N2O3. The number of methoxy groups -OCH3 is 1. The quantitative estimate of drug-likeness (QED) is 0.628. The Kier molecular flexibility index (Phi) is 7.33. The Morgan fingerprint density at radius 2 is 1.75 bits per heavy atom. The third-order valence-electron chi connectivity index (χ3n) is 5.62. The molecular weight excluding hydrogens is 445 g/mol. The normalized spacial score (nSPS) is 14.9. The Morgan fingerprint density at radius 3 is 2.31 bits per heavy atom. The van der Waals surface area contributed by atoms with Crippen LogP contribution in [0.25, 0.3) is 0 Å². The van der Waals surface area contributed by atoms with Crippen LogP contribution in [0.3, 0.4) is 0 Å². The molecule has 2 amide bonds. The van der Waals surface area contributed by atoms with E-state index >= 15 is 0 Å².